The van der Waals surface area contributed by atoms with Gasteiger partial charge in [0.15, 0.2) is 16.7 Å². The van der Waals surface area contributed by atoms with Crippen LogP contribution < -0.4 is 15.4 Å². The monoisotopic (exact) mass is 598 g/mol. The number of carbonyl (C=O) groups excluding carboxylic acids is 2. The Morgan fingerprint density at radius 2 is 1.75 bits per heavy atom. The molecule has 7 nitrogen and oxygen atoms in total. The number of pyridine rings is 1. The molecule has 0 spiro atoms. The number of halogens is 2. The molecule has 11 heteroatoms. The Hall–Kier alpha value is -3.60. The molecule has 1 fully saturated rings. The number of thiocarbonyl (C=S) groups is 1. The van der Waals surface area contributed by atoms with Gasteiger partial charge in [-0.1, -0.05) is 43.2 Å². The van der Waals surface area contributed by atoms with E-state index in [-0.39, 0.29) is 41.5 Å². The number of nitrogens with one attached hydrogen (secondary N) is 2. The zero-order valence-corrected chi connectivity index (χ0v) is 24.0. The standard InChI is InChI=1S/C29H27FN4O3S2.ClH/c30-21-17-20(32-29(38)33-26(35)16-19-8-4-3-5-9-19)10-11-23(21)37-24-12-13-31-22-18-25(39-27(22)24)28(36)34-14-6-1-2-7-15-34;/h3-5,8-13,17-18H,1-2,6-7,14-16H2,(H2,32,33,35,38);1H. The molecule has 4 aromatic rings. The highest BCUT2D eigenvalue weighted by Gasteiger charge is 2.21. The predicted octanol–water partition coefficient (Wildman–Crippen LogP) is 6.72. The quantitative estimate of drug-likeness (QED) is 0.240. The zero-order valence-electron chi connectivity index (χ0n) is 21.5. The van der Waals surface area contributed by atoms with Gasteiger partial charge in [-0.15, -0.1) is 23.7 Å². The summed E-state index contributed by atoms with van der Waals surface area (Å²) in [5.74, 6) is -0.449. The van der Waals surface area contributed by atoms with Crippen LogP contribution in [0.2, 0.25) is 0 Å². The molecular weight excluding hydrogens is 571 g/mol. The van der Waals surface area contributed by atoms with E-state index in [1.54, 1.807) is 24.4 Å². The fraction of sp³-hybridized carbons (Fsp3) is 0.241. The summed E-state index contributed by atoms with van der Waals surface area (Å²) < 4.78 is 21.6. The number of thiophene rings is 1. The van der Waals surface area contributed by atoms with Gasteiger partial charge in [0.05, 0.1) is 21.5 Å². The molecular formula is C29H28ClFN4O3S2. The zero-order chi connectivity index (χ0) is 27.2. The molecule has 0 unspecified atom stereocenters. The average molecular weight is 599 g/mol. The first-order valence-corrected chi connectivity index (χ1v) is 14.0. The summed E-state index contributed by atoms with van der Waals surface area (Å²) in [6.45, 7) is 1.52. The molecule has 1 aliphatic heterocycles. The fourth-order valence-electron chi connectivity index (χ4n) is 4.42. The number of hydrogen-bond acceptors (Lipinski definition) is 6. The number of fused-ring (bicyclic) bond motifs is 1. The molecule has 0 radical (unpaired) electrons. The normalized spacial score (nSPS) is 13.2. The van der Waals surface area contributed by atoms with Crippen molar-refractivity contribution in [3.8, 4) is 11.5 Å². The third-order valence-corrected chi connectivity index (χ3v) is 7.68. The summed E-state index contributed by atoms with van der Waals surface area (Å²) in [5, 5.41) is 5.50. The first kappa shape index (κ1) is 29.4. The van der Waals surface area contributed by atoms with Gasteiger partial charge in [-0.3, -0.25) is 14.6 Å². The molecule has 2 aromatic carbocycles. The molecule has 208 valence electrons. The van der Waals surface area contributed by atoms with Crippen molar-refractivity contribution in [3.05, 3.63) is 83.1 Å². The summed E-state index contributed by atoms with van der Waals surface area (Å²) in [6.07, 6.45) is 6.07. The number of carbonyl (C=O) groups is 2. The van der Waals surface area contributed by atoms with Crippen molar-refractivity contribution in [3.63, 3.8) is 0 Å². The van der Waals surface area contributed by atoms with Gasteiger partial charge in [0, 0.05) is 37.1 Å². The largest absolute Gasteiger partial charge is 0.453 e. The maximum absolute atomic E-state index is 15.0. The first-order valence-electron chi connectivity index (χ1n) is 12.8. The van der Waals surface area contributed by atoms with Gasteiger partial charge in [0.1, 0.15) is 5.75 Å². The Morgan fingerprint density at radius 3 is 2.48 bits per heavy atom. The molecule has 5 rings (SSSR count). The number of hydrogen-bond donors (Lipinski definition) is 2. The van der Waals surface area contributed by atoms with Gasteiger partial charge in [0.25, 0.3) is 5.91 Å². The molecule has 0 bridgehead atoms. The van der Waals surface area contributed by atoms with E-state index in [0.717, 1.165) is 44.3 Å². The van der Waals surface area contributed by atoms with Crippen molar-refractivity contribution in [1.29, 1.82) is 0 Å². The van der Waals surface area contributed by atoms with E-state index >= 15 is 0 Å². The second-order valence-corrected chi connectivity index (χ2v) is 10.7. The average Bonchev–Trinajstić information content (AvgIpc) is 3.18. The minimum Gasteiger partial charge on any atom is -0.453 e. The van der Waals surface area contributed by atoms with Crippen LogP contribution >= 0.6 is 36.0 Å². The van der Waals surface area contributed by atoms with Crippen LogP contribution in [0, 0.1) is 5.82 Å². The van der Waals surface area contributed by atoms with Crippen molar-refractivity contribution in [2.24, 2.45) is 0 Å². The lowest BCUT2D eigenvalue weighted by Crippen LogP contribution is -2.35. The van der Waals surface area contributed by atoms with Crippen LogP contribution in [0.1, 0.15) is 40.9 Å². The lowest BCUT2D eigenvalue weighted by molar-refractivity contribution is -0.119. The van der Waals surface area contributed by atoms with Crippen LogP contribution in [0.15, 0.2) is 66.9 Å². The number of ether oxygens (including phenoxy) is 1. The van der Waals surface area contributed by atoms with Crippen molar-refractivity contribution in [2.75, 3.05) is 18.4 Å². The Bertz CT molecular complexity index is 1510. The van der Waals surface area contributed by atoms with Crippen molar-refractivity contribution < 1.29 is 18.7 Å². The molecule has 1 saturated heterocycles. The summed E-state index contributed by atoms with van der Waals surface area (Å²) in [5.41, 5.74) is 1.86. The second-order valence-electron chi connectivity index (χ2n) is 9.25. The van der Waals surface area contributed by atoms with Gasteiger partial charge >= 0.3 is 0 Å². The predicted molar refractivity (Wildman–Crippen MR) is 162 cm³/mol. The highest BCUT2D eigenvalue weighted by atomic mass is 35.5. The Balaban J connectivity index is 0.00000370. The van der Waals surface area contributed by atoms with Crippen molar-refractivity contribution >= 4 is 68.8 Å². The van der Waals surface area contributed by atoms with Gasteiger partial charge in [-0.25, -0.2) is 4.39 Å². The molecule has 2 aromatic heterocycles. The van der Waals surface area contributed by atoms with E-state index in [4.69, 9.17) is 17.0 Å². The number of nitrogens with zero attached hydrogens (tertiary/aromatic N) is 2. The molecule has 0 atom stereocenters. The van der Waals surface area contributed by atoms with Crippen LogP contribution in [0.25, 0.3) is 10.2 Å². The van der Waals surface area contributed by atoms with Crippen LogP contribution in [0.4, 0.5) is 10.1 Å². The third-order valence-electron chi connectivity index (χ3n) is 6.35. The van der Waals surface area contributed by atoms with E-state index in [1.807, 2.05) is 35.2 Å². The summed E-state index contributed by atoms with van der Waals surface area (Å²) in [7, 11) is 0. The second kappa shape index (κ2) is 13.6. The molecule has 2 N–H and O–H groups in total. The molecule has 0 aliphatic carbocycles. The van der Waals surface area contributed by atoms with Crippen molar-refractivity contribution in [2.45, 2.75) is 32.1 Å². The Labute approximate surface area is 247 Å². The summed E-state index contributed by atoms with van der Waals surface area (Å²) in [6, 6.07) is 17.1. The maximum atomic E-state index is 15.0. The SMILES string of the molecule is Cl.O=C(Cc1ccccc1)NC(=S)Nc1ccc(Oc2ccnc3cc(C(=O)N4CCCCCC4)sc23)c(F)c1. The minimum absolute atomic E-state index is 0. The lowest BCUT2D eigenvalue weighted by atomic mass is 10.1. The first-order chi connectivity index (χ1) is 19.0. The summed E-state index contributed by atoms with van der Waals surface area (Å²) >= 11 is 6.51. The van der Waals surface area contributed by atoms with Gasteiger partial charge in [0.2, 0.25) is 5.91 Å². The topological polar surface area (TPSA) is 83.6 Å². The maximum Gasteiger partial charge on any atom is 0.264 e. The molecule has 2 amide bonds. The highest BCUT2D eigenvalue weighted by Crippen LogP contribution is 2.36. The van der Waals surface area contributed by atoms with Crippen LogP contribution in [-0.2, 0) is 11.2 Å². The van der Waals surface area contributed by atoms with Gasteiger partial charge < -0.3 is 20.3 Å². The smallest absolute Gasteiger partial charge is 0.264 e. The highest BCUT2D eigenvalue weighted by molar-refractivity contribution is 7.80. The number of aromatic nitrogens is 1. The number of anilines is 1. The van der Waals surface area contributed by atoms with Crippen LogP contribution in [-0.4, -0.2) is 39.9 Å². The Morgan fingerprint density at radius 1 is 1.00 bits per heavy atom. The van der Waals surface area contributed by atoms with E-state index < -0.39 is 5.82 Å². The van der Waals surface area contributed by atoms with Crippen molar-refractivity contribution in [1.82, 2.24) is 15.2 Å². The van der Waals surface area contributed by atoms with E-state index in [9.17, 15) is 14.0 Å². The summed E-state index contributed by atoms with van der Waals surface area (Å²) in [4.78, 5) is 32.2. The Kier molecular flexibility index (Phi) is 10.0. The van der Waals surface area contributed by atoms with Crippen LogP contribution in [0.5, 0.6) is 11.5 Å². The van der Waals surface area contributed by atoms with E-state index in [0.29, 0.717) is 26.5 Å². The number of rotatable bonds is 6. The van der Waals surface area contributed by atoms with E-state index in [2.05, 4.69) is 15.6 Å². The van der Waals surface area contributed by atoms with Gasteiger partial charge in [-0.2, -0.15) is 0 Å². The lowest BCUT2D eigenvalue weighted by Gasteiger charge is -2.19. The van der Waals surface area contributed by atoms with E-state index in [1.165, 1.54) is 23.5 Å². The number of likely N-dealkylation sites (tertiary alicyclic amines) is 1. The molecule has 40 heavy (non-hydrogen) atoms. The third kappa shape index (κ3) is 7.32. The molecule has 1 aliphatic rings. The van der Waals surface area contributed by atoms with Gasteiger partial charge in [-0.05, 0) is 48.8 Å². The van der Waals surface area contributed by atoms with Crippen LogP contribution in [0.3, 0.4) is 0 Å². The minimum atomic E-state index is -0.610. The number of amides is 2. The fourth-order valence-corrected chi connectivity index (χ4v) is 5.69. The molecule has 0 saturated carbocycles. The molecule has 3 heterocycles. The number of benzene rings is 2.